The fourth-order valence-corrected chi connectivity index (χ4v) is 2.48. The number of aromatic nitrogens is 2. The Kier molecular flexibility index (Phi) is 9.02. The molecule has 1 unspecified atom stereocenters. The van der Waals surface area contributed by atoms with Crippen molar-refractivity contribution in [3.05, 3.63) is 41.9 Å². The molecular weight excluding hydrogens is 429 g/mol. The second-order valence-corrected chi connectivity index (χ2v) is 6.40. The van der Waals surface area contributed by atoms with Gasteiger partial charge in [-0.3, -0.25) is 0 Å². The van der Waals surface area contributed by atoms with Crippen molar-refractivity contribution >= 4 is 29.9 Å². The summed E-state index contributed by atoms with van der Waals surface area (Å²) in [6.07, 6.45) is 3.85. The molecule has 0 aromatic carbocycles. The first-order valence-electron chi connectivity index (χ1n) is 8.60. The molecule has 0 fully saturated rings. The summed E-state index contributed by atoms with van der Waals surface area (Å²) in [5.74, 6) is 4.13. The van der Waals surface area contributed by atoms with Crippen molar-refractivity contribution in [1.29, 1.82) is 0 Å². The van der Waals surface area contributed by atoms with E-state index in [0.29, 0.717) is 12.5 Å². The van der Waals surface area contributed by atoms with Crippen LogP contribution < -0.4 is 10.6 Å². The molecule has 2 heterocycles. The topological polar surface area (TPSA) is 67.4 Å². The number of furan rings is 1. The third-order valence-corrected chi connectivity index (χ3v) is 3.63. The van der Waals surface area contributed by atoms with Crippen LogP contribution in [0.5, 0.6) is 0 Å². The Bertz CT molecular complexity index is 662. The predicted octanol–water partition coefficient (Wildman–Crippen LogP) is 3.87. The normalized spacial score (nSPS) is 12.8. The molecule has 2 aromatic heterocycles. The number of hydrogen-bond donors (Lipinski definition) is 2. The molecule has 2 rings (SSSR count). The summed E-state index contributed by atoms with van der Waals surface area (Å²) in [6.45, 7) is 12.8. The Balaban J connectivity index is 0.00000312. The van der Waals surface area contributed by atoms with Crippen molar-refractivity contribution in [3.8, 4) is 0 Å². The molecule has 0 radical (unpaired) electrons. The molecule has 0 amide bonds. The first kappa shape index (κ1) is 21.5. The van der Waals surface area contributed by atoms with Gasteiger partial charge in [0, 0.05) is 25.5 Å². The number of aliphatic imine (C=N–C) groups is 1. The van der Waals surface area contributed by atoms with Gasteiger partial charge in [-0.05, 0) is 38.8 Å². The van der Waals surface area contributed by atoms with E-state index in [0.717, 1.165) is 36.4 Å². The SMILES string of the molecule is CCNC(=NCc1nccn1CC(C)C)NC(C)c1ccc(C)o1.I. The van der Waals surface area contributed by atoms with Gasteiger partial charge in [0.2, 0.25) is 0 Å². The third-order valence-electron chi connectivity index (χ3n) is 3.63. The Morgan fingerprint density at radius 2 is 2.08 bits per heavy atom. The van der Waals surface area contributed by atoms with Crippen molar-refractivity contribution in [3.63, 3.8) is 0 Å². The number of guanidine groups is 1. The minimum atomic E-state index is 0. The highest BCUT2D eigenvalue weighted by Crippen LogP contribution is 2.15. The molecule has 6 nitrogen and oxygen atoms in total. The summed E-state index contributed by atoms with van der Waals surface area (Å²) in [5.41, 5.74) is 0. The highest BCUT2D eigenvalue weighted by molar-refractivity contribution is 14.0. The number of hydrogen-bond acceptors (Lipinski definition) is 3. The van der Waals surface area contributed by atoms with E-state index in [-0.39, 0.29) is 30.0 Å². The second-order valence-electron chi connectivity index (χ2n) is 6.40. The molecule has 0 bridgehead atoms. The van der Waals surface area contributed by atoms with Crippen LogP contribution in [0.1, 0.15) is 51.1 Å². The summed E-state index contributed by atoms with van der Waals surface area (Å²) in [6, 6.07) is 4.01. The number of nitrogens with zero attached hydrogens (tertiary/aromatic N) is 3. The molecule has 0 aliphatic rings. The summed E-state index contributed by atoms with van der Waals surface area (Å²) in [7, 11) is 0. The molecule has 2 aromatic rings. The summed E-state index contributed by atoms with van der Waals surface area (Å²) in [4.78, 5) is 9.09. The van der Waals surface area contributed by atoms with Crippen molar-refractivity contribution < 1.29 is 4.42 Å². The lowest BCUT2D eigenvalue weighted by atomic mass is 10.2. The van der Waals surface area contributed by atoms with Gasteiger partial charge in [0.05, 0.1) is 6.04 Å². The smallest absolute Gasteiger partial charge is 0.192 e. The van der Waals surface area contributed by atoms with Gasteiger partial charge in [-0.15, -0.1) is 24.0 Å². The number of halogens is 1. The number of rotatable bonds is 7. The van der Waals surface area contributed by atoms with E-state index in [1.165, 1.54) is 0 Å². The lowest BCUT2D eigenvalue weighted by molar-refractivity contribution is 0.441. The molecule has 140 valence electrons. The number of aryl methyl sites for hydroxylation is 1. The summed E-state index contributed by atoms with van der Waals surface area (Å²) in [5, 5.41) is 6.65. The zero-order valence-corrected chi connectivity index (χ0v) is 18.1. The minimum Gasteiger partial charge on any atom is -0.464 e. The summed E-state index contributed by atoms with van der Waals surface area (Å²) >= 11 is 0. The second kappa shape index (κ2) is 10.5. The molecule has 0 aliphatic carbocycles. The van der Waals surface area contributed by atoms with E-state index in [1.54, 1.807) is 0 Å². The lowest BCUT2D eigenvalue weighted by Gasteiger charge is -2.16. The molecule has 0 saturated carbocycles. The Labute approximate surface area is 167 Å². The molecule has 7 heteroatoms. The molecule has 0 spiro atoms. The fourth-order valence-electron chi connectivity index (χ4n) is 2.48. The Hall–Kier alpha value is -1.51. The van der Waals surface area contributed by atoms with Crippen LogP contribution in [0.4, 0.5) is 0 Å². The third kappa shape index (κ3) is 6.72. The van der Waals surface area contributed by atoms with Crippen molar-refractivity contribution in [1.82, 2.24) is 20.2 Å². The van der Waals surface area contributed by atoms with Crippen molar-refractivity contribution in [2.24, 2.45) is 10.9 Å². The van der Waals surface area contributed by atoms with Crippen LogP contribution in [0.3, 0.4) is 0 Å². The number of imidazole rings is 1. The van der Waals surface area contributed by atoms with E-state index in [4.69, 9.17) is 4.42 Å². The average Bonchev–Trinajstić information content (AvgIpc) is 3.13. The van der Waals surface area contributed by atoms with Gasteiger partial charge < -0.3 is 19.6 Å². The zero-order chi connectivity index (χ0) is 17.5. The van der Waals surface area contributed by atoms with Gasteiger partial charge in [0.1, 0.15) is 23.9 Å². The van der Waals surface area contributed by atoms with Gasteiger partial charge in [0.25, 0.3) is 0 Å². The Morgan fingerprint density at radius 1 is 1.32 bits per heavy atom. The zero-order valence-electron chi connectivity index (χ0n) is 15.7. The maximum atomic E-state index is 5.68. The lowest BCUT2D eigenvalue weighted by Crippen LogP contribution is -2.38. The predicted molar refractivity (Wildman–Crippen MR) is 112 cm³/mol. The van der Waals surface area contributed by atoms with Gasteiger partial charge in [-0.2, -0.15) is 0 Å². The van der Waals surface area contributed by atoms with Crippen LogP contribution in [0.25, 0.3) is 0 Å². The molecule has 0 aliphatic heterocycles. The van der Waals surface area contributed by atoms with Crippen LogP contribution in [-0.4, -0.2) is 22.1 Å². The van der Waals surface area contributed by atoms with E-state index >= 15 is 0 Å². The molecular formula is C18H30IN5O. The monoisotopic (exact) mass is 459 g/mol. The van der Waals surface area contributed by atoms with E-state index in [2.05, 4.69) is 52.9 Å². The van der Waals surface area contributed by atoms with Gasteiger partial charge >= 0.3 is 0 Å². The van der Waals surface area contributed by atoms with Crippen LogP contribution >= 0.6 is 24.0 Å². The van der Waals surface area contributed by atoms with Crippen LogP contribution in [0.2, 0.25) is 0 Å². The molecule has 0 saturated heterocycles. The Morgan fingerprint density at radius 3 is 2.68 bits per heavy atom. The minimum absolute atomic E-state index is 0. The number of nitrogens with one attached hydrogen (secondary N) is 2. The van der Waals surface area contributed by atoms with E-state index in [1.807, 2.05) is 31.5 Å². The highest BCUT2D eigenvalue weighted by Gasteiger charge is 2.12. The molecule has 1 atom stereocenters. The maximum Gasteiger partial charge on any atom is 0.192 e. The van der Waals surface area contributed by atoms with Crippen molar-refractivity contribution in [2.75, 3.05) is 6.54 Å². The van der Waals surface area contributed by atoms with Crippen LogP contribution in [0, 0.1) is 12.8 Å². The van der Waals surface area contributed by atoms with Gasteiger partial charge in [0.15, 0.2) is 5.96 Å². The van der Waals surface area contributed by atoms with Crippen molar-refractivity contribution in [2.45, 2.75) is 53.8 Å². The summed E-state index contributed by atoms with van der Waals surface area (Å²) < 4.78 is 7.84. The quantitative estimate of drug-likeness (QED) is 0.375. The van der Waals surface area contributed by atoms with Gasteiger partial charge in [-0.25, -0.2) is 9.98 Å². The molecule has 2 N–H and O–H groups in total. The highest BCUT2D eigenvalue weighted by atomic mass is 127. The largest absolute Gasteiger partial charge is 0.464 e. The van der Waals surface area contributed by atoms with Crippen LogP contribution in [0.15, 0.2) is 33.9 Å². The average molecular weight is 459 g/mol. The van der Waals surface area contributed by atoms with Gasteiger partial charge in [-0.1, -0.05) is 13.8 Å². The molecule has 25 heavy (non-hydrogen) atoms. The van der Waals surface area contributed by atoms with E-state index in [9.17, 15) is 0 Å². The first-order valence-corrected chi connectivity index (χ1v) is 8.60. The van der Waals surface area contributed by atoms with Crippen LogP contribution in [-0.2, 0) is 13.1 Å². The fraction of sp³-hybridized carbons (Fsp3) is 0.556. The standard InChI is InChI=1S/C18H29N5O.HI/c1-6-19-18(22-15(5)16-8-7-14(4)24-16)21-11-17-20-9-10-23(17)12-13(2)3;/h7-10,13,15H,6,11-12H2,1-5H3,(H2,19,21,22);1H. The maximum absolute atomic E-state index is 5.68. The van der Waals surface area contributed by atoms with E-state index < -0.39 is 0 Å². The first-order chi connectivity index (χ1) is 11.5.